The molecule has 2 rings (SSSR count). The second-order valence-electron chi connectivity index (χ2n) is 3.97. The third-order valence-electron chi connectivity index (χ3n) is 2.64. The van der Waals surface area contributed by atoms with Gasteiger partial charge in [0.15, 0.2) is 11.5 Å². The van der Waals surface area contributed by atoms with Crippen LogP contribution >= 0.6 is 0 Å². The molecule has 1 aliphatic rings. The van der Waals surface area contributed by atoms with Gasteiger partial charge in [0.1, 0.15) is 13.2 Å². The van der Waals surface area contributed by atoms with Crippen LogP contribution in [0.25, 0.3) is 0 Å². The molecule has 1 aromatic carbocycles. The van der Waals surface area contributed by atoms with Crippen LogP contribution in [0.3, 0.4) is 0 Å². The summed E-state index contributed by atoms with van der Waals surface area (Å²) in [6, 6.07) is 5.74. The molecule has 4 heteroatoms. The molecule has 1 heterocycles. The second-order valence-corrected chi connectivity index (χ2v) is 3.97. The van der Waals surface area contributed by atoms with Crippen LogP contribution in [0.5, 0.6) is 11.5 Å². The molecule has 0 spiro atoms. The highest BCUT2D eigenvalue weighted by Gasteiger charge is 2.15. The van der Waals surface area contributed by atoms with Crippen LogP contribution in [0.1, 0.15) is 24.8 Å². The summed E-state index contributed by atoms with van der Waals surface area (Å²) in [5.74, 6) is 1.33. The number of amides is 1. The van der Waals surface area contributed by atoms with Crippen LogP contribution < -0.4 is 15.2 Å². The Bertz CT molecular complexity index is 403. The van der Waals surface area contributed by atoms with E-state index in [2.05, 4.69) is 0 Å². The number of nitrogens with two attached hydrogens (primary N) is 1. The number of ether oxygens (including phenoxy) is 2. The molecule has 0 fully saturated rings. The Morgan fingerprint density at radius 2 is 2.06 bits per heavy atom. The highest BCUT2D eigenvalue weighted by Crippen LogP contribution is 2.33. The number of hydrogen-bond donors (Lipinski definition) is 1. The third-order valence-corrected chi connectivity index (χ3v) is 2.64. The van der Waals surface area contributed by atoms with Crippen molar-refractivity contribution in [2.45, 2.75) is 19.3 Å². The van der Waals surface area contributed by atoms with Crippen molar-refractivity contribution < 1.29 is 14.3 Å². The average molecular weight is 221 g/mol. The molecular formula is C12H15NO3. The third kappa shape index (κ3) is 2.27. The molecule has 1 atom stereocenters. The van der Waals surface area contributed by atoms with Crippen molar-refractivity contribution in [3.05, 3.63) is 23.8 Å². The van der Waals surface area contributed by atoms with Crippen LogP contribution in [0.15, 0.2) is 18.2 Å². The Morgan fingerprint density at radius 1 is 1.38 bits per heavy atom. The van der Waals surface area contributed by atoms with E-state index >= 15 is 0 Å². The zero-order chi connectivity index (χ0) is 11.5. The van der Waals surface area contributed by atoms with E-state index in [1.54, 1.807) is 0 Å². The second kappa shape index (κ2) is 4.43. The molecule has 0 radical (unpaired) electrons. The standard InChI is InChI=1S/C12H15NO3/c1-8(6-12(13)14)9-2-3-10-11(7-9)16-5-4-15-10/h2-3,7-8H,4-6H2,1H3,(H2,13,14). The van der Waals surface area contributed by atoms with Gasteiger partial charge in [-0.25, -0.2) is 0 Å². The minimum atomic E-state index is -0.289. The minimum absolute atomic E-state index is 0.105. The molecule has 0 saturated heterocycles. The van der Waals surface area contributed by atoms with Crippen molar-refractivity contribution in [1.82, 2.24) is 0 Å². The van der Waals surface area contributed by atoms with Crippen LogP contribution in [0.2, 0.25) is 0 Å². The normalized spacial score (nSPS) is 15.6. The molecule has 16 heavy (non-hydrogen) atoms. The molecule has 2 N–H and O–H groups in total. The maximum Gasteiger partial charge on any atom is 0.218 e. The predicted molar refractivity (Wildman–Crippen MR) is 59.7 cm³/mol. The van der Waals surface area contributed by atoms with E-state index in [-0.39, 0.29) is 11.8 Å². The first-order valence-electron chi connectivity index (χ1n) is 5.34. The van der Waals surface area contributed by atoms with Crippen molar-refractivity contribution in [1.29, 1.82) is 0 Å². The fourth-order valence-electron chi connectivity index (χ4n) is 1.79. The first-order chi connectivity index (χ1) is 7.66. The van der Waals surface area contributed by atoms with Gasteiger partial charge in [0.05, 0.1) is 0 Å². The molecule has 0 saturated carbocycles. The first kappa shape index (κ1) is 10.8. The van der Waals surface area contributed by atoms with E-state index in [1.165, 1.54) is 0 Å². The average Bonchev–Trinajstić information content (AvgIpc) is 2.27. The summed E-state index contributed by atoms with van der Waals surface area (Å²) < 4.78 is 10.9. The number of carbonyl (C=O) groups excluding carboxylic acids is 1. The molecule has 1 aliphatic heterocycles. The highest BCUT2D eigenvalue weighted by molar-refractivity contribution is 5.74. The summed E-state index contributed by atoms with van der Waals surface area (Å²) in [4.78, 5) is 10.8. The fourth-order valence-corrected chi connectivity index (χ4v) is 1.79. The molecule has 1 amide bonds. The largest absolute Gasteiger partial charge is 0.486 e. The van der Waals surface area contributed by atoms with E-state index in [1.807, 2.05) is 25.1 Å². The number of primary amides is 1. The summed E-state index contributed by atoms with van der Waals surface area (Å²) in [5, 5.41) is 0. The van der Waals surface area contributed by atoms with Crippen molar-refractivity contribution in [3.63, 3.8) is 0 Å². The van der Waals surface area contributed by atoms with Gasteiger partial charge in [-0.3, -0.25) is 4.79 Å². The van der Waals surface area contributed by atoms with Crippen LogP contribution in [-0.2, 0) is 4.79 Å². The number of benzene rings is 1. The zero-order valence-electron chi connectivity index (χ0n) is 9.23. The van der Waals surface area contributed by atoms with Crippen molar-refractivity contribution in [3.8, 4) is 11.5 Å². The lowest BCUT2D eigenvalue weighted by atomic mass is 9.97. The highest BCUT2D eigenvalue weighted by atomic mass is 16.6. The predicted octanol–water partition coefficient (Wildman–Crippen LogP) is 1.44. The van der Waals surface area contributed by atoms with Crippen LogP contribution in [-0.4, -0.2) is 19.1 Å². The Balaban J connectivity index is 2.19. The van der Waals surface area contributed by atoms with Gasteiger partial charge in [-0.2, -0.15) is 0 Å². The molecule has 1 aromatic rings. The molecule has 0 aliphatic carbocycles. The summed E-state index contributed by atoms with van der Waals surface area (Å²) in [6.07, 6.45) is 0.347. The Kier molecular flexibility index (Phi) is 2.99. The molecule has 4 nitrogen and oxygen atoms in total. The van der Waals surface area contributed by atoms with Crippen molar-refractivity contribution in [2.75, 3.05) is 13.2 Å². The number of rotatable bonds is 3. The monoisotopic (exact) mass is 221 g/mol. The van der Waals surface area contributed by atoms with Gasteiger partial charge in [-0.05, 0) is 23.6 Å². The van der Waals surface area contributed by atoms with Crippen molar-refractivity contribution >= 4 is 5.91 Å². The van der Waals surface area contributed by atoms with Gasteiger partial charge in [-0.1, -0.05) is 13.0 Å². The lowest BCUT2D eigenvalue weighted by Gasteiger charge is -2.20. The van der Waals surface area contributed by atoms with E-state index in [9.17, 15) is 4.79 Å². The van der Waals surface area contributed by atoms with Crippen LogP contribution in [0, 0.1) is 0 Å². The van der Waals surface area contributed by atoms with E-state index in [0.29, 0.717) is 19.6 Å². The van der Waals surface area contributed by atoms with E-state index in [0.717, 1.165) is 17.1 Å². The number of hydrogen-bond acceptors (Lipinski definition) is 3. The van der Waals surface area contributed by atoms with E-state index < -0.39 is 0 Å². The number of carbonyl (C=O) groups is 1. The smallest absolute Gasteiger partial charge is 0.218 e. The molecule has 0 bridgehead atoms. The topological polar surface area (TPSA) is 61.6 Å². The lowest BCUT2D eigenvalue weighted by molar-refractivity contribution is -0.118. The summed E-state index contributed by atoms with van der Waals surface area (Å²) in [6.45, 7) is 3.13. The van der Waals surface area contributed by atoms with Gasteiger partial charge in [-0.15, -0.1) is 0 Å². The number of fused-ring (bicyclic) bond motifs is 1. The van der Waals surface area contributed by atoms with Gasteiger partial charge in [0.2, 0.25) is 5.91 Å². The quantitative estimate of drug-likeness (QED) is 0.840. The molecular weight excluding hydrogens is 206 g/mol. The minimum Gasteiger partial charge on any atom is -0.486 e. The van der Waals surface area contributed by atoms with Crippen LogP contribution in [0.4, 0.5) is 0 Å². The lowest BCUT2D eigenvalue weighted by Crippen LogP contribution is -2.16. The summed E-state index contributed by atoms with van der Waals surface area (Å²) >= 11 is 0. The molecule has 1 unspecified atom stereocenters. The van der Waals surface area contributed by atoms with E-state index in [4.69, 9.17) is 15.2 Å². The summed E-state index contributed by atoms with van der Waals surface area (Å²) in [7, 11) is 0. The zero-order valence-corrected chi connectivity index (χ0v) is 9.23. The molecule has 0 aromatic heterocycles. The summed E-state index contributed by atoms with van der Waals surface area (Å²) in [5.41, 5.74) is 6.22. The Labute approximate surface area is 94.3 Å². The van der Waals surface area contributed by atoms with Gasteiger partial charge in [0, 0.05) is 6.42 Å². The Morgan fingerprint density at radius 3 is 2.75 bits per heavy atom. The van der Waals surface area contributed by atoms with Gasteiger partial charge in [0.25, 0.3) is 0 Å². The SMILES string of the molecule is CC(CC(N)=O)c1ccc2c(c1)OCCO2. The van der Waals surface area contributed by atoms with Gasteiger partial charge < -0.3 is 15.2 Å². The fraction of sp³-hybridized carbons (Fsp3) is 0.417. The first-order valence-corrected chi connectivity index (χ1v) is 5.34. The maximum absolute atomic E-state index is 10.8. The van der Waals surface area contributed by atoms with Gasteiger partial charge >= 0.3 is 0 Å². The maximum atomic E-state index is 10.8. The van der Waals surface area contributed by atoms with Crippen molar-refractivity contribution in [2.24, 2.45) is 5.73 Å². The molecule has 86 valence electrons. The Hall–Kier alpha value is -1.71.